The number of amides is 1. The number of carbonyl (C=O) groups excluding carboxylic acids is 1. The molecule has 1 amide bonds. The Morgan fingerprint density at radius 3 is 2.82 bits per heavy atom. The molecule has 0 aliphatic heterocycles. The number of hydrogen-bond donors (Lipinski definition) is 1. The fourth-order valence-corrected chi connectivity index (χ4v) is 1.68. The molecule has 0 aliphatic rings. The summed E-state index contributed by atoms with van der Waals surface area (Å²) in [7, 11) is 0. The van der Waals surface area contributed by atoms with Gasteiger partial charge in [0.25, 0.3) is 0 Å². The summed E-state index contributed by atoms with van der Waals surface area (Å²) >= 11 is 1.54. The van der Waals surface area contributed by atoms with Crippen LogP contribution in [0.5, 0.6) is 5.75 Å². The van der Waals surface area contributed by atoms with E-state index in [4.69, 9.17) is 4.74 Å². The second-order valence-corrected chi connectivity index (χ2v) is 4.81. The maximum absolute atomic E-state index is 11.6. The monoisotopic (exact) mass is 253 g/mol. The van der Waals surface area contributed by atoms with Gasteiger partial charge in [0, 0.05) is 12.1 Å². The summed E-state index contributed by atoms with van der Waals surface area (Å²) in [6.07, 6.45) is 1.93. The van der Waals surface area contributed by atoms with Crippen LogP contribution in [0.1, 0.15) is 19.4 Å². The standard InChI is InChI=1S/C13H19NO2S/c1-4-16-12-8-6-5-7-11(12)9-14-13(15)10(2)17-3/h5-8,10H,4,9H2,1-3H3,(H,14,15). The first-order valence-electron chi connectivity index (χ1n) is 5.70. The normalized spacial score (nSPS) is 11.9. The minimum Gasteiger partial charge on any atom is -0.494 e. The Hall–Kier alpha value is -1.16. The van der Waals surface area contributed by atoms with Crippen LogP contribution in [-0.2, 0) is 11.3 Å². The second-order valence-electron chi connectivity index (χ2n) is 3.64. The molecule has 17 heavy (non-hydrogen) atoms. The molecule has 1 N–H and O–H groups in total. The Kier molecular flexibility index (Phi) is 5.91. The van der Waals surface area contributed by atoms with Gasteiger partial charge in [-0.05, 0) is 26.2 Å². The molecular formula is C13H19NO2S. The van der Waals surface area contributed by atoms with E-state index < -0.39 is 0 Å². The number of benzene rings is 1. The lowest BCUT2D eigenvalue weighted by molar-refractivity contribution is -0.120. The Labute approximate surface area is 107 Å². The smallest absolute Gasteiger partial charge is 0.233 e. The third-order valence-corrected chi connectivity index (χ3v) is 3.37. The highest BCUT2D eigenvalue weighted by atomic mass is 32.2. The summed E-state index contributed by atoms with van der Waals surface area (Å²) in [5.41, 5.74) is 1.01. The van der Waals surface area contributed by atoms with Gasteiger partial charge in [0.1, 0.15) is 5.75 Å². The van der Waals surface area contributed by atoms with E-state index in [1.54, 1.807) is 0 Å². The molecule has 0 aromatic heterocycles. The molecule has 1 unspecified atom stereocenters. The molecule has 0 bridgehead atoms. The molecule has 1 atom stereocenters. The number of carbonyl (C=O) groups is 1. The van der Waals surface area contributed by atoms with Crippen molar-refractivity contribution in [1.29, 1.82) is 0 Å². The zero-order valence-corrected chi connectivity index (χ0v) is 11.3. The molecule has 3 nitrogen and oxygen atoms in total. The van der Waals surface area contributed by atoms with Crippen molar-refractivity contribution >= 4 is 17.7 Å². The van der Waals surface area contributed by atoms with Crippen LogP contribution in [0.3, 0.4) is 0 Å². The fourth-order valence-electron chi connectivity index (χ4n) is 1.38. The first kappa shape index (κ1) is 13.9. The van der Waals surface area contributed by atoms with Crippen molar-refractivity contribution < 1.29 is 9.53 Å². The zero-order chi connectivity index (χ0) is 12.7. The van der Waals surface area contributed by atoms with Crippen LogP contribution in [0.4, 0.5) is 0 Å². The molecule has 0 fully saturated rings. The summed E-state index contributed by atoms with van der Waals surface area (Å²) in [5.74, 6) is 0.899. The summed E-state index contributed by atoms with van der Waals surface area (Å²) in [5, 5.41) is 2.89. The lowest BCUT2D eigenvalue weighted by atomic mass is 10.2. The van der Waals surface area contributed by atoms with Gasteiger partial charge in [0.15, 0.2) is 0 Å². The largest absolute Gasteiger partial charge is 0.494 e. The van der Waals surface area contributed by atoms with Crippen molar-refractivity contribution in [1.82, 2.24) is 5.32 Å². The van der Waals surface area contributed by atoms with Gasteiger partial charge in [-0.2, -0.15) is 11.8 Å². The van der Waals surface area contributed by atoms with Gasteiger partial charge in [-0.3, -0.25) is 4.79 Å². The Bertz CT molecular complexity index is 368. The number of hydrogen-bond acceptors (Lipinski definition) is 3. The molecule has 0 heterocycles. The Balaban J connectivity index is 2.59. The van der Waals surface area contributed by atoms with Crippen LogP contribution in [0.25, 0.3) is 0 Å². The molecule has 1 aromatic rings. The van der Waals surface area contributed by atoms with Gasteiger partial charge in [-0.1, -0.05) is 18.2 Å². The zero-order valence-electron chi connectivity index (χ0n) is 10.5. The topological polar surface area (TPSA) is 38.3 Å². The van der Waals surface area contributed by atoms with E-state index in [-0.39, 0.29) is 11.2 Å². The summed E-state index contributed by atoms with van der Waals surface area (Å²) in [6.45, 7) is 4.99. The third-order valence-electron chi connectivity index (χ3n) is 2.45. The summed E-state index contributed by atoms with van der Waals surface area (Å²) < 4.78 is 5.50. The van der Waals surface area contributed by atoms with E-state index in [1.165, 1.54) is 11.8 Å². The van der Waals surface area contributed by atoms with Crippen molar-refractivity contribution in [2.45, 2.75) is 25.6 Å². The van der Waals surface area contributed by atoms with Gasteiger partial charge in [-0.25, -0.2) is 0 Å². The number of nitrogens with one attached hydrogen (secondary N) is 1. The molecule has 0 saturated carbocycles. The third kappa shape index (κ3) is 4.30. The molecule has 0 saturated heterocycles. The molecular weight excluding hydrogens is 234 g/mol. The van der Waals surface area contributed by atoms with E-state index >= 15 is 0 Å². The van der Waals surface area contributed by atoms with Crippen LogP contribution in [0.2, 0.25) is 0 Å². The maximum Gasteiger partial charge on any atom is 0.233 e. The van der Waals surface area contributed by atoms with Crippen molar-refractivity contribution in [2.24, 2.45) is 0 Å². The van der Waals surface area contributed by atoms with Crippen molar-refractivity contribution in [3.63, 3.8) is 0 Å². The Morgan fingerprint density at radius 1 is 1.47 bits per heavy atom. The van der Waals surface area contributed by atoms with Gasteiger partial charge >= 0.3 is 0 Å². The van der Waals surface area contributed by atoms with Gasteiger partial charge in [0.2, 0.25) is 5.91 Å². The van der Waals surface area contributed by atoms with E-state index in [0.717, 1.165) is 11.3 Å². The summed E-state index contributed by atoms with van der Waals surface area (Å²) in [6, 6.07) is 7.76. The van der Waals surface area contributed by atoms with Crippen LogP contribution in [-0.4, -0.2) is 24.0 Å². The highest BCUT2D eigenvalue weighted by molar-refractivity contribution is 7.99. The van der Waals surface area contributed by atoms with E-state index in [1.807, 2.05) is 44.4 Å². The molecule has 4 heteroatoms. The Morgan fingerprint density at radius 2 is 2.18 bits per heavy atom. The van der Waals surface area contributed by atoms with Crippen LogP contribution >= 0.6 is 11.8 Å². The van der Waals surface area contributed by atoms with Crippen molar-refractivity contribution in [3.8, 4) is 5.75 Å². The van der Waals surface area contributed by atoms with Crippen LogP contribution in [0.15, 0.2) is 24.3 Å². The first-order valence-corrected chi connectivity index (χ1v) is 6.99. The SMILES string of the molecule is CCOc1ccccc1CNC(=O)C(C)SC. The minimum atomic E-state index is -0.0192. The van der Waals surface area contributed by atoms with E-state index in [0.29, 0.717) is 13.2 Å². The molecule has 0 aliphatic carbocycles. The molecule has 0 radical (unpaired) electrons. The van der Waals surface area contributed by atoms with E-state index in [2.05, 4.69) is 5.32 Å². The molecule has 94 valence electrons. The predicted octanol–water partition coefficient (Wildman–Crippen LogP) is 2.45. The van der Waals surface area contributed by atoms with Gasteiger partial charge < -0.3 is 10.1 Å². The number of ether oxygens (including phenoxy) is 1. The number of thioether (sulfide) groups is 1. The predicted molar refractivity (Wildman–Crippen MR) is 72.4 cm³/mol. The molecule has 1 rings (SSSR count). The average molecular weight is 253 g/mol. The highest BCUT2D eigenvalue weighted by Crippen LogP contribution is 2.17. The van der Waals surface area contributed by atoms with Crippen LogP contribution in [0, 0.1) is 0 Å². The van der Waals surface area contributed by atoms with Gasteiger partial charge in [-0.15, -0.1) is 0 Å². The molecule has 1 aromatic carbocycles. The lowest BCUT2D eigenvalue weighted by Crippen LogP contribution is -2.30. The summed E-state index contributed by atoms with van der Waals surface area (Å²) in [4.78, 5) is 11.6. The number of para-hydroxylation sites is 1. The molecule has 0 spiro atoms. The van der Waals surface area contributed by atoms with Crippen molar-refractivity contribution in [3.05, 3.63) is 29.8 Å². The highest BCUT2D eigenvalue weighted by Gasteiger charge is 2.11. The average Bonchev–Trinajstić information content (AvgIpc) is 2.36. The lowest BCUT2D eigenvalue weighted by Gasteiger charge is -2.12. The second kappa shape index (κ2) is 7.22. The first-order chi connectivity index (χ1) is 8.19. The fraction of sp³-hybridized carbons (Fsp3) is 0.462. The van der Waals surface area contributed by atoms with Gasteiger partial charge in [0.05, 0.1) is 11.9 Å². The van der Waals surface area contributed by atoms with E-state index in [9.17, 15) is 4.79 Å². The number of rotatable bonds is 6. The maximum atomic E-state index is 11.6. The van der Waals surface area contributed by atoms with Crippen molar-refractivity contribution in [2.75, 3.05) is 12.9 Å². The van der Waals surface area contributed by atoms with Crippen LogP contribution < -0.4 is 10.1 Å². The minimum absolute atomic E-state index is 0.0192. The quantitative estimate of drug-likeness (QED) is 0.846.